The van der Waals surface area contributed by atoms with Crippen LogP contribution in [-0.2, 0) is 0 Å². The molecular weight excluding hydrogens is 292 g/mol. The minimum atomic E-state index is 0.259. The topological polar surface area (TPSA) is 34.1 Å². The Morgan fingerprint density at radius 3 is 2.91 bits per heavy atom. The van der Waals surface area contributed by atoms with Gasteiger partial charge in [0.05, 0.1) is 4.70 Å². The van der Waals surface area contributed by atoms with Crippen LogP contribution in [-0.4, -0.2) is 24.2 Å². The van der Waals surface area contributed by atoms with Gasteiger partial charge in [-0.25, -0.2) is 4.98 Å². The Morgan fingerprint density at radius 2 is 2.09 bits per heavy atom. The summed E-state index contributed by atoms with van der Waals surface area (Å²) in [6, 6.07) is 14.6. The van der Waals surface area contributed by atoms with Crippen molar-refractivity contribution in [1.29, 1.82) is 0 Å². The van der Waals surface area contributed by atoms with Gasteiger partial charge in [0.25, 0.3) is 0 Å². The molecule has 1 aromatic heterocycles. The summed E-state index contributed by atoms with van der Waals surface area (Å²) in [5, 5.41) is 4.40. The van der Waals surface area contributed by atoms with E-state index in [4.69, 9.17) is 9.72 Å². The average molecular weight is 310 g/mol. The van der Waals surface area contributed by atoms with Crippen LogP contribution < -0.4 is 10.1 Å². The molecule has 0 bridgehead atoms. The number of nitrogens with zero attached hydrogens (tertiary/aromatic N) is 1. The van der Waals surface area contributed by atoms with Gasteiger partial charge in [0.2, 0.25) is 0 Å². The third-order valence-corrected chi connectivity index (χ3v) is 5.12. The Balaban J connectivity index is 1.75. The fourth-order valence-corrected chi connectivity index (χ4v) is 3.93. The number of nitrogens with one attached hydrogen (secondary N) is 1. The minimum Gasteiger partial charge on any atom is -0.487 e. The molecule has 1 aliphatic rings. The molecule has 1 unspecified atom stereocenters. The van der Waals surface area contributed by atoms with Crippen molar-refractivity contribution < 1.29 is 4.74 Å². The number of aryl methyl sites for hydroxylation is 1. The van der Waals surface area contributed by atoms with Crippen LogP contribution in [0, 0.1) is 6.92 Å². The molecule has 1 fully saturated rings. The number of benzene rings is 2. The summed E-state index contributed by atoms with van der Waals surface area (Å²) in [6.07, 6.45) is 1.32. The molecule has 1 N–H and O–H groups in total. The van der Waals surface area contributed by atoms with E-state index in [2.05, 4.69) is 48.6 Å². The molecule has 112 valence electrons. The van der Waals surface area contributed by atoms with Crippen molar-refractivity contribution in [1.82, 2.24) is 10.3 Å². The Hall–Kier alpha value is -1.91. The fourth-order valence-electron chi connectivity index (χ4n) is 2.85. The molecule has 1 saturated heterocycles. The van der Waals surface area contributed by atoms with Crippen LogP contribution in [0.5, 0.6) is 5.75 Å². The first-order valence-corrected chi connectivity index (χ1v) is 8.46. The van der Waals surface area contributed by atoms with Crippen LogP contribution in [0.15, 0.2) is 42.5 Å². The van der Waals surface area contributed by atoms with E-state index in [9.17, 15) is 0 Å². The standard InChI is InChI=1S/C18H18N2OS/c1-12-5-2-3-6-14(12)18-20-17-15(7-4-8-16(17)22-18)21-13-9-10-19-11-13/h2-8,13,19H,9-11H2,1H3. The van der Waals surface area contributed by atoms with Gasteiger partial charge >= 0.3 is 0 Å². The van der Waals surface area contributed by atoms with Gasteiger partial charge in [0.1, 0.15) is 22.4 Å². The van der Waals surface area contributed by atoms with Gasteiger partial charge in [-0.15, -0.1) is 11.3 Å². The zero-order valence-electron chi connectivity index (χ0n) is 12.5. The molecular formula is C18H18N2OS. The smallest absolute Gasteiger partial charge is 0.146 e. The first-order chi connectivity index (χ1) is 10.8. The number of ether oxygens (including phenoxy) is 1. The van der Waals surface area contributed by atoms with Crippen LogP contribution in [0.2, 0.25) is 0 Å². The summed E-state index contributed by atoms with van der Waals surface area (Å²) >= 11 is 1.73. The monoisotopic (exact) mass is 310 g/mol. The van der Waals surface area contributed by atoms with Crippen LogP contribution in [0.3, 0.4) is 0 Å². The van der Waals surface area contributed by atoms with Gasteiger partial charge in [-0.1, -0.05) is 30.3 Å². The highest BCUT2D eigenvalue weighted by Crippen LogP contribution is 2.36. The van der Waals surface area contributed by atoms with Crippen molar-refractivity contribution >= 4 is 21.6 Å². The number of rotatable bonds is 3. The third kappa shape index (κ3) is 2.49. The Labute approximate surface area is 134 Å². The number of thiazole rings is 1. The van der Waals surface area contributed by atoms with Gasteiger partial charge in [0, 0.05) is 12.1 Å². The van der Waals surface area contributed by atoms with Crippen molar-refractivity contribution in [3.8, 4) is 16.3 Å². The maximum Gasteiger partial charge on any atom is 0.146 e. The van der Waals surface area contributed by atoms with Crippen LogP contribution in [0.1, 0.15) is 12.0 Å². The van der Waals surface area contributed by atoms with Gasteiger partial charge < -0.3 is 10.1 Å². The molecule has 0 amide bonds. The predicted molar refractivity (Wildman–Crippen MR) is 91.7 cm³/mol. The van der Waals surface area contributed by atoms with Crippen molar-refractivity contribution in [2.75, 3.05) is 13.1 Å². The van der Waals surface area contributed by atoms with E-state index in [1.807, 2.05) is 6.07 Å². The van der Waals surface area contributed by atoms with Crippen molar-refractivity contribution in [3.63, 3.8) is 0 Å². The molecule has 3 aromatic rings. The van der Waals surface area contributed by atoms with Gasteiger partial charge in [-0.3, -0.25) is 0 Å². The molecule has 1 atom stereocenters. The molecule has 4 rings (SSSR count). The van der Waals surface area contributed by atoms with Gasteiger partial charge in [-0.2, -0.15) is 0 Å². The number of para-hydroxylation sites is 1. The fraction of sp³-hybridized carbons (Fsp3) is 0.278. The van der Waals surface area contributed by atoms with E-state index < -0.39 is 0 Å². The SMILES string of the molecule is Cc1ccccc1-c1nc2c(OC3CCNC3)cccc2s1. The highest BCUT2D eigenvalue weighted by molar-refractivity contribution is 7.21. The zero-order valence-corrected chi connectivity index (χ0v) is 13.3. The number of aromatic nitrogens is 1. The summed E-state index contributed by atoms with van der Waals surface area (Å²) in [4.78, 5) is 4.86. The second-order valence-electron chi connectivity index (χ2n) is 5.67. The molecule has 0 spiro atoms. The molecule has 0 radical (unpaired) electrons. The molecule has 3 nitrogen and oxygen atoms in total. The van der Waals surface area contributed by atoms with Crippen molar-refractivity contribution in [2.45, 2.75) is 19.4 Å². The lowest BCUT2D eigenvalue weighted by atomic mass is 10.1. The maximum absolute atomic E-state index is 6.15. The van der Waals surface area contributed by atoms with E-state index in [1.165, 1.54) is 15.8 Å². The van der Waals surface area contributed by atoms with E-state index >= 15 is 0 Å². The number of hydrogen-bond donors (Lipinski definition) is 1. The minimum absolute atomic E-state index is 0.259. The molecule has 0 aliphatic carbocycles. The Bertz CT molecular complexity index is 806. The Kier molecular flexibility index (Phi) is 3.56. The lowest BCUT2D eigenvalue weighted by molar-refractivity contribution is 0.225. The first-order valence-electron chi connectivity index (χ1n) is 7.64. The van der Waals surface area contributed by atoms with Gasteiger partial charge in [-0.05, 0) is 37.6 Å². The average Bonchev–Trinajstić information content (AvgIpc) is 3.17. The lowest BCUT2D eigenvalue weighted by Crippen LogP contribution is -2.19. The Morgan fingerprint density at radius 1 is 1.18 bits per heavy atom. The van der Waals surface area contributed by atoms with Crippen LogP contribution >= 0.6 is 11.3 Å². The molecule has 2 aromatic carbocycles. The summed E-state index contributed by atoms with van der Waals surface area (Å²) in [5.41, 5.74) is 3.44. The second kappa shape index (κ2) is 5.71. The lowest BCUT2D eigenvalue weighted by Gasteiger charge is -2.12. The first kappa shape index (κ1) is 13.7. The predicted octanol–water partition coefficient (Wildman–Crippen LogP) is 4.01. The van der Waals surface area contributed by atoms with Crippen LogP contribution in [0.25, 0.3) is 20.8 Å². The van der Waals surface area contributed by atoms with Crippen molar-refractivity contribution in [3.05, 3.63) is 48.0 Å². The number of fused-ring (bicyclic) bond motifs is 1. The molecule has 2 heterocycles. The second-order valence-corrected chi connectivity index (χ2v) is 6.70. The highest BCUT2D eigenvalue weighted by atomic mass is 32.1. The summed E-state index contributed by atoms with van der Waals surface area (Å²) in [7, 11) is 0. The third-order valence-electron chi connectivity index (χ3n) is 4.07. The van der Waals surface area contributed by atoms with E-state index in [1.54, 1.807) is 11.3 Å². The normalized spacial score (nSPS) is 18.0. The molecule has 0 saturated carbocycles. The van der Waals surface area contributed by atoms with Crippen LogP contribution in [0.4, 0.5) is 0 Å². The largest absolute Gasteiger partial charge is 0.487 e. The van der Waals surface area contributed by atoms with Crippen molar-refractivity contribution in [2.24, 2.45) is 0 Å². The quantitative estimate of drug-likeness (QED) is 0.793. The molecule has 1 aliphatic heterocycles. The van der Waals surface area contributed by atoms with E-state index in [-0.39, 0.29) is 6.10 Å². The summed E-state index contributed by atoms with van der Waals surface area (Å²) < 4.78 is 7.33. The zero-order chi connectivity index (χ0) is 14.9. The number of hydrogen-bond acceptors (Lipinski definition) is 4. The highest BCUT2D eigenvalue weighted by Gasteiger charge is 2.18. The molecule has 4 heteroatoms. The van der Waals surface area contributed by atoms with E-state index in [0.717, 1.165) is 35.8 Å². The summed E-state index contributed by atoms with van der Waals surface area (Å²) in [5.74, 6) is 0.905. The summed E-state index contributed by atoms with van der Waals surface area (Å²) in [6.45, 7) is 4.08. The van der Waals surface area contributed by atoms with Gasteiger partial charge in [0.15, 0.2) is 0 Å². The molecule has 22 heavy (non-hydrogen) atoms. The van der Waals surface area contributed by atoms with E-state index in [0.29, 0.717) is 0 Å². The maximum atomic E-state index is 6.15.